The van der Waals surface area contributed by atoms with Crippen LogP contribution in [0.1, 0.15) is 24.8 Å². The normalized spacial score (nSPS) is 23.7. The van der Waals surface area contributed by atoms with Crippen molar-refractivity contribution in [3.63, 3.8) is 0 Å². The minimum absolute atomic E-state index is 0.167. The van der Waals surface area contributed by atoms with Crippen molar-refractivity contribution in [3.8, 4) is 0 Å². The van der Waals surface area contributed by atoms with Gasteiger partial charge in [-0.1, -0.05) is 29.3 Å². The van der Waals surface area contributed by atoms with Crippen LogP contribution in [-0.4, -0.2) is 6.04 Å². The molecule has 1 aliphatic rings. The van der Waals surface area contributed by atoms with Crippen molar-refractivity contribution in [3.05, 3.63) is 40.2 Å². The van der Waals surface area contributed by atoms with E-state index in [0.717, 1.165) is 24.8 Å². The summed E-state index contributed by atoms with van der Waals surface area (Å²) in [6.07, 6.45) is 4.98. The van der Waals surface area contributed by atoms with E-state index in [4.69, 9.17) is 17.3 Å². The lowest BCUT2D eigenvalue weighted by molar-refractivity contribution is 0.628. The van der Waals surface area contributed by atoms with Gasteiger partial charge >= 0.3 is 0 Å². The number of nitrogens with two attached hydrogens (primary N) is 1. The fourth-order valence-corrected chi connectivity index (χ4v) is 2.00. The fraction of sp³-hybridized carbons (Fsp3) is 0.333. The summed E-state index contributed by atoms with van der Waals surface area (Å²) < 4.78 is 13.1. The first-order valence-corrected chi connectivity index (χ1v) is 5.43. The van der Waals surface area contributed by atoms with Crippen molar-refractivity contribution >= 4 is 17.7 Å². The molecule has 0 heterocycles. The Morgan fingerprint density at radius 2 is 2.27 bits per heavy atom. The van der Waals surface area contributed by atoms with Crippen molar-refractivity contribution in [1.29, 1.82) is 0 Å². The van der Waals surface area contributed by atoms with Gasteiger partial charge in [0, 0.05) is 6.04 Å². The number of hydrogen-bond acceptors (Lipinski definition) is 1. The van der Waals surface area contributed by atoms with E-state index in [1.54, 1.807) is 6.07 Å². The summed E-state index contributed by atoms with van der Waals surface area (Å²) >= 11 is 5.60. The molecule has 0 amide bonds. The Labute approximate surface area is 93.7 Å². The highest BCUT2D eigenvalue weighted by atomic mass is 35.5. The van der Waals surface area contributed by atoms with E-state index in [2.05, 4.69) is 0 Å². The summed E-state index contributed by atoms with van der Waals surface area (Å²) in [5.74, 6) is -0.367. The highest BCUT2D eigenvalue weighted by molar-refractivity contribution is 6.30. The maximum absolute atomic E-state index is 13.1. The van der Waals surface area contributed by atoms with Crippen LogP contribution < -0.4 is 5.73 Å². The third kappa shape index (κ3) is 2.58. The molecule has 1 unspecified atom stereocenters. The first kappa shape index (κ1) is 10.7. The Morgan fingerprint density at radius 3 is 2.87 bits per heavy atom. The molecule has 1 aromatic rings. The molecule has 80 valence electrons. The monoisotopic (exact) mass is 225 g/mol. The van der Waals surface area contributed by atoms with Gasteiger partial charge in [0.05, 0.1) is 5.02 Å². The zero-order chi connectivity index (χ0) is 10.8. The van der Waals surface area contributed by atoms with E-state index in [1.165, 1.54) is 11.6 Å². The predicted octanol–water partition coefficient (Wildman–Crippen LogP) is 3.37. The molecule has 1 aliphatic carbocycles. The molecular formula is C12H13ClFN. The first-order chi connectivity index (χ1) is 7.15. The van der Waals surface area contributed by atoms with Crippen molar-refractivity contribution in [1.82, 2.24) is 0 Å². The minimum atomic E-state index is -0.367. The molecule has 1 atom stereocenters. The van der Waals surface area contributed by atoms with Gasteiger partial charge in [-0.15, -0.1) is 0 Å². The van der Waals surface area contributed by atoms with Gasteiger partial charge in [0.1, 0.15) is 5.82 Å². The second kappa shape index (κ2) is 4.33. The number of rotatable bonds is 1. The van der Waals surface area contributed by atoms with Gasteiger partial charge in [-0.3, -0.25) is 0 Å². The van der Waals surface area contributed by atoms with Crippen LogP contribution in [0.5, 0.6) is 0 Å². The van der Waals surface area contributed by atoms with Crippen LogP contribution in [-0.2, 0) is 0 Å². The Morgan fingerprint density at radius 1 is 1.47 bits per heavy atom. The van der Waals surface area contributed by atoms with E-state index < -0.39 is 0 Å². The number of benzene rings is 1. The zero-order valence-corrected chi connectivity index (χ0v) is 9.10. The van der Waals surface area contributed by atoms with Crippen LogP contribution in [0.2, 0.25) is 5.02 Å². The summed E-state index contributed by atoms with van der Waals surface area (Å²) in [6, 6.07) is 5.13. The molecule has 0 radical (unpaired) electrons. The average molecular weight is 226 g/mol. The minimum Gasteiger partial charge on any atom is -0.327 e. The van der Waals surface area contributed by atoms with Gasteiger partial charge in [-0.25, -0.2) is 4.39 Å². The highest BCUT2D eigenvalue weighted by Crippen LogP contribution is 2.26. The van der Waals surface area contributed by atoms with Gasteiger partial charge in [-0.2, -0.15) is 0 Å². The molecular weight excluding hydrogens is 213 g/mol. The molecule has 0 aliphatic heterocycles. The van der Waals surface area contributed by atoms with Gasteiger partial charge in [0.15, 0.2) is 0 Å². The van der Waals surface area contributed by atoms with Gasteiger partial charge in [0.25, 0.3) is 0 Å². The third-order valence-electron chi connectivity index (χ3n) is 2.68. The molecule has 0 bridgehead atoms. The molecule has 0 saturated heterocycles. The second-order valence-corrected chi connectivity index (χ2v) is 4.39. The SMILES string of the molecule is NC1CC/C(=C/c2ccc(Cl)c(F)c2)C1. The lowest BCUT2D eigenvalue weighted by atomic mass is 10.1. The van der Waals surface area contributed by atoms with Gasteiger partial charge in [0.2, 0.25) is 0 Å². The molecule has 1 nitrogen and oxygen atoms in total. The van der Waals surface area contributed by atoms with Crippen molar-refractivity contribution in [2.24, 2.45) is 5.73 Å². The standard InChI is InChI=1S/C12H13ClFN/c13-11-4-2-9(7-12(11)14)5-8-1-3-10(15)6-8/h2,4-5,7,10H,1,3,6,15H2/b8-5-. The Balaban J connectivity index is 2.20. The van der Waals surface area contributed by atoms with Crippen molar-refractivity contribution in [2.45, 2.75) is 25.3 Å². The van der Waals surface area contributed by atoms with E-state index in [0.29, 0.717) is 0 Å². The maximum atomic E-state index is 13.1. The molecule has 1 saturated carbocycles. The van der Waals surface area contributed by atoms with E-state index in [-0.39, 0.29) is 16.9 Å². The molecule has 1 aromatic carbocycles. The van der Waals surface area contributed by atoms with Crippen LogP contribution >= 0.6 is 11.6 Å². The molecule has 0 aromatic heterocycles. The second-order valence-electron chi connectivity index (χ2n) is 3.98. The van der Waals surface area contributed by atoms with Crippen LogP contribution in [0.4, 0.5) is 4.39 Å². The predicted molar refractivity (Wildman–Crippen MR) is 61.2 cm³/mol. The van der Waals surface area contributed by atoms with Crippen molar-refractivity contribution in [2.75, 3.05) is 0 Å². The molecule has 1 fully saturated rings. The quantitative estimate of drug-likeness (QED) is 0.779. The average Bonchev–Trinajstić information content (AvgIpc) is 2.58. The van der Waals surface area contributed by atoms with E-state index in [1.807, 2.05) is 12.1 Å². The summed E-state index contributed by atoms with van der Waals surface area (Å²) in [4.78, 5) is 0. The zero-order valence-electron chi connectivity index (χ0n) is 8.34. The summed E-state index contributed by atoms with van der Waals surface area (Å²) in [5.41, 5.74) is 7.95. The topological polar surface area (TPSA) is 26.0 Å². The van der Waals surface area contributed by atoms with Crippen LogP contribution in [0.15, 0.2) is 23.8 Å². The Kier molecular flexibility index (Phi) is 3.08. The van der Waals surface area contributed by atoms with E-state index in [9.17, 15) is 4.39 Å². The van der Waals surface area contributed by atoms with Gasteiger partial charge in [-0.05, 0) is 37.0 Å². The highest BCUT2D eigenvalue weighted by Gasteiger charge is 2.14. The van der Waals surface area contributed by atoms with Crippen LogP contribution in [0, 0.1) is 5.82 Å². The van der Waals surface area contributed by atoms with E-state index >= 15 is 0 Å². The fourth-order valence-electron chi connectivity index (χ4n) is 1.88. The molecule has 2 rings (SSSR count). The maximum Gasteiger partial charge on any atom is 0.142 e. The molecule has 2 N–H and O–H groups in total. The number of hydrogen-bond donors (Lipinski definition) is 1. The summed E-state index contributed by atoms with van der Waals surface area (Å²) in [7, 11) is 0. The summed E-state index contributed by atoms with van der Waals surface area (Å²) in [5, 5.41) is 0.167. The molecule has 0 spiro atoms. The largest absolute Gasteiger partial charge is 0.327 e. The smallest absolute Gasteiger partial charge is 0.142 e. The number of halogens is 2. The molecule has 15 heavy (non-hydrogen) atoms. The van der Waals surface area contributed by atoms with Crippen LogP contribution in [0.25, 0.3) is 6.08 Å². The lowest BCUT2D eigenvalue weighted by Gasteiger charge is -2.00. The van der Waals surface area contributed by atoms with Crippen molar-refractivity contribution < 1.29 is 4.39 Å². The van der Waals surface area contributed by atoms with Gasteiger partial charge < -0.3 is 5.73 Å². The summed E-state index contributed by atoms with van der Waals surface area (Å²) in [6.45, 7) is 0. The Hall–Kier alpha value is -0.860. The lowest BCUT2D eigenvalue weighted by Crippen LogP contribution is -2.13. The first-order valence-electron chi connectivity index (χ1n) is 5.05. The molecule has 3 heteroatoms. The van der Waals surface area contributed by atoms with Crippen LogP contribution in [0.3, 0.4) is 0 Å². The Bertz CT molecular complexity index is 401. The third-order valence-corrected chi connectivity index (χ3v) is 2.98.